The van der Waals surface area contributed by atoms with Crippen molar-refractivity contribution in [3.8, 4) is 40.7 Å². The SMILES string of the molecule is C=CC(=O)N1CCN(c2nc(NCCC(=O)N3CCN(Cc4ccc(-n5c(O)nnc5-c5cc(C(C)C)c(O)cc5O)cc4)CC3)nc3c2CCN(c2cccc4cccc(Cl)c24)C3)C[C@H]1CC#N. The number of phenolic OH excluding ortho intramolecular Hbond substituents is 2. The van der Waals surface area contributed by atoms with Crippen LogP contribution in [0, 0.1) is 11.3 Å². The number of hydrogen-bond donors (Lipinski definition) is 4. The third-order valence-corrected chi connectivity index (χ3v) is 13.7. The smallest absolute Gasteiger partial charge is 0.319 e. The van der Waals surface area contributed by atoms with Crippen molar-refractivity contribution in [3.05, 3.63) is 113 Å². The van der Waals surface area contributed by atoms with Gasteiger partial charge in [0.2, 0.25) is 17.8 Å². The number of amides is 2. The molecule has 0 aliphatic carbocycles. The Bertz CT molecular complexity index is 2940. The summed E-state index contributed by atoms with van der Waals surface area (Å²) >= 11 is 6.77. The Labute approximate surface area is 405 Å². The van der Waals surface area contributed by atoms with E-state index >= 15 is 0 Å². The second-order valence-electron chi connectivity index (χ2n) is 18.0. The van der Waals surface area contributed by atoms with Crippen LogP contribution in [0.2, 0.25) is 5.02 Å². The fourth-order valence-electron chi connectivity index (χ4n) is 9.76. The van der Waals surface area contributed by atoms with Crippen molar-refractivity contribution in [2.24, 2.45) is 0 Å². The van der Waals surface area contributed by atoms with Crippen LogP contribution in [0.3, 0.4) is 0 Å². The summed E-state index contributed by atoms with van der Waals surface area (Å²) in [6, 6.07) is 24.3. The first-order valence-electron chi connectivity index (χ1n) is 23.3. The molecule has 0 bridgehead atoms. The molecular weight excluding hydrogens is 896 g/mol. The number of halogens is 1. The zero-order valence-corrected chi connectivity index (χ0v) is 39.5. The van der Waals surface area contributed by atoms with Gasteiger partial charge in [-0.2, -0.15) is 10.2 Å². The van der Waals surface area contributed by atoms with Gasteiger partial charge in [-0.05, 0) is 65.3 Å². The van der Waals surface area contributed by atoms with Gasteiger partial charge in [-0.3, -0.25) is 14.5 Å². The number of aromatic nitrogens is 5. The predicted molar refractivity (Wildman–Crippen MR) is 265 cm³/mol. The highest BCUT2D eigenvalue weighted by Gasteiger charge is 2.34. The average Bonchev–Trinajstić information content (AvgIpc) is 3.74. The number of benzene rings is 4. The molecule has 17 nitrogen and oxygen atoms in total. The molecule has 4 N–H and O–H groups in total. The molecule has 2 aromatic heterocycles. The van der Waals surface area contributed by atoms with Gasteiger partial charge in [0.25, 0.3) is 0 Å². The minimum atomic E-state index is -0.332. The maximum atomic E-state index is 13.6. The van der Waals surface area contributed by atoms with Crippen LogP contribution in [-0.2, 0) is 29.1 Å². The largest absolute Gasteiger partial charge is 0.508 e. The zero-order valence-electron chi connectivity index (χ0n) is 38.7. The van der Waals surface area contributed by atoms with Gasteiger partial charge in [0.15, 0.2) is 5.82 Å². The van der Waals surface area contributed by atoms with E-state index in [2.05, 4.69) is 61.1 Å². The van der Waals surface area contributed by atoms with Crippen molar-refractivity contribution < 1.29 is 24.9 Å². The minimum Gasteiger partial charge on any atom is -0.508 e. The fraction of sp³-hybridized carbons (Fsp3) is 0.353. The van der Waals surface area contributed by atoms with Gasteiger partial charge in [-0.15, -0.1) is 5.10 Å². The van der Waals surface area contributed by atoms with Crippen LogP contribution in [0.4, 0.5) is 17.5 Å². The number of hydrogen-bond acceptors (Lipinski definition) is 14. The molecule has 9 rings (SSSR count). The van der Waals surface area contributed by atoms with Crippen LogP contribution in [0.15, 0.2) is 85.5 Å². The number of aromatic hydroxyl groups is 3. The zero-order chi connectivity index (χ0) is 48.3. The molecule has 3 aliphatic rings. The Morgan fingerprint density at radius 2 is 1.70 bits per heavy atom. The van der Waals surface area contributed by atoms with Crippen LogP contribution in [0.5, 0.6) is 17.5 Å². The van der Waals surface area contributed by atoms with E-state index < -0.39 is 0 Å². The molecule has 3 aliphatic heterocycles. The fourth-order valence-corrected chi connectivity index (χ4v) is 10.0. The van der Waals surface area contributed by atoms with E-state index in [0.29, 0.717) is 99.7 Å². The van der Waals surface area contributed by atoms with E-state index in [4.69, 9.17) is 21.6 Å². The lowest BCUT2D eigenvalue weighted by molar-refractivity contribution is -0.132. The number of fused-ring (bicyclic) bond motifs is 2. The van der Waals surface area contributed by atoms with Gasteiger partial charge < -0.3 is 40.2 Å². The molecule has 2 amide bonds. The molecule has 4 aromatic carbocycles. The van der Waals surface area contributed by atoms with Crippen LogP contribution in [-0.4, -0.2) is 132 Å². The first kappa shape index (κ1) is 46.7. The second kappa shape index (κ2) is 20.0. The van der Waals surface area contributed by atoms with Gasteiger partial charge in [0, 0.05) is 94.6 Å². The number of phenols is 2. The van der Waals surface area contributed by atoms with Crippen molar-refractivity contribution in [2.75, 3.05) is 74.0 Å². The molecule has 0 radical (unpaired) electrons. The van der Waals surface area contributed by atoms with E-state index in [0.717, 1.165) is 45.6 Å². The number of rotatable bonds is 13. The summed E-state index contributed by atoms with van der Waals surface area (Å²) in [5.74, 6) is 1.07. The molecule has 2 fully saturated rings. The lowest BCUT2D eigenvalue weighted by Crippen LogP contribution is -2.55. The molecule has 18 heteroatoms. The number of nitrogens with zero attached hydrogens (tertiary/aromatic N) is 11. The summed E-state index contributed by atoms with van der Waals surface area (Å²) in [5.41, 5.74) is 5.55. The quantitative estimate of drug-likeness (QED) is 0.0902. The van der Waals surface area contributed by atoms with E-state index in [1.165, 1.54) is 16.7 Å². The Balaban J connectivity index is 0.844. The van der Waals surface area contributed by atoms with Gasteiger partial charge >= 0.3 is 6.01 Å². The molecule has 1 atom stereocenters. The van der Waals surface area contributed by atoms with Crippen LogP contribution in [0.1, 0.15) is 55.0 Å². The Morgan fingerprint density at radius 3 is 2.43 bits per heavy atom. The van der Waals surface area contributed by atoms with Crippen LogP contribution in [0.25, 0.3) is 27.8 Å². The molecule has 2 saturated heterocycles. The molecule has 0 spiro atoms. The number of carbonyl (C=O) groups is 2. The van der Waals surface area contributed by atoms with Gasteiger partial charge in [0.1, 0.15) is 17.3 Å². The summed E-state index contributed by atoms with van der Waals surface area (Å²) in [6.07, 6.45) is 2.41. The number of nitrogens with one attached hydrogen (secondary N) is 1. The van der Waals surface area contributed by atoms with E-state index in [-0.39, 0.29) is 59.9 Å². The highest BCUT2D eigenvalue weighted by atomic mass is 35.5. The number of carbonyl (C=O) groups excluding carboxylic acids is 2. The minimum absolute atomic E-state index is 0.0133. The lowest BCUT2D eigenvalue weighted by Gasteiger charge is -2.42. The average molecular weight is 952 g/mol. The van der Waals surface area contributed by atoms with Gasteiger partial charge in [-0.25, -0.2) is 9.55 Å². The van der Waals surface area contributed by atoms with E-state index in [9.17, 15) is 30.2 Å². The maximum Gasteiger partial charge on any atom is 0.319 e. The number of piperazine rings is 2. The highest BCUT2D eigenvalue weighted by molar-refractivity contribution is 6.36. The highest BCUT2D eigenvalue weighted by Crippen LogP contribution is 2.40. The van der Waals surface area contributed by atoms with Crippen molar-refractivity contribution in [1.29, 1.82) is 5.26 Å². The second-order valence-corrected chi connectivity index (χ2v) is 18.4. The maximum absolute atomic E-state index is 13.6. The van der Waals surface area contributed by atoms with Crippen LogP contribution >= 0.6 is 11.6 Å². The first-order valence-corrected chi connectivity index (χ1v) is 23.7. The molecule has 0 unspecified atom stereocenters. The van der Waals surface area contributed by atoms with Crippen molar-refractivity contribution >= 4 is 51.6 Å². The molecular formula is C51H55ClN12O5. The molecule has 69 heavy (non-hydrogen) atoms. The summed E-state index contributed by atoms with van der Waals surface area (Å²) in [4.78, 5) is 46.8. The molecule has 356 valence electrons. The summed E-state index contributed by atoms with van der Waals surface area (Å²) in [6.45, 7) is 13.8. The number of nitriles is 1. The molecule has 6 aromatic rings. The van der Waals surface area contributed by atoms with Crippen molar-refractivity contribution in [1.82, 2.24) is 39.4 Å². The third-order valence-electron chi connectivity index (χ3n) is 13.4. The summed E-state index contributed by atoms with van der Waals surface area (Å²) in [7, 11) is 0. The third kappa shape index (κ3) is 9.68. The predicted octanol–water partition coefficient (Wildman–Crippen LogP) is 6.60. The normalized spacial score (nSPS) is 16.4. The van der Waals surface area contributed by atoms with Crippen molar-refractivity contribution in [3.63, 3.8) is 0 Å². The monoisotopic (exact) mass is 950 g/mol. The van der Waals surface area contributed by atoms with Crippen LogP contribution < -0.4 is 15.1 Å². The standard InChI is InChI=1S/C51H55ClN12O5/c1-4-45(67)63-26-25-62(30-36(63)15-18-53)48-37-17-20-61(42-10-6-8-34-7-5-9-40(52)47(34)42)31-41(37)55-50(56-48)54-19-16-46(68)60-23-21-59(22-24-60)29-33-11-13-35(14-12-33)64-49(57-58-51(64)69)39-27-38(32(2)3)43(65)28-44(39)66/h4-14,27-28,32,36,65-66H,1,15-17,19-26,29-31H2,2-3H3,(H,58,69)(H,54,55,56)/t36-/m1/s1. The van der Waals surface area contributed by atoms with E-state index in [1.807, 2.05) is 61.2 Å². The van der Waals surface area contributed by atoms with Crippen molar-refractivity contribution in [2.45, 2.75) is 58.2 Å². The molecule has 5 heterocycles. The Morgan fingerprint density at radius 1 is 0.928 bits per heavy atom. The van der Waals surface area contributed by atoms with Gasteiger partial charge in [0.05, 0.1) is 47.0 Å². The van der Waals surface area contributed by atoms with E-state index in [1.54, 1.807) is 11.0 Å². The summed E-state index contributed by atoms with van der Waals surface area (Å²) in [5, 5.41) is 55.6. The first-order chi connectivity index (χ1) is 33.4. The summed E-state index contributed by atoms with van der Waals surface area (Å²) < 4.78 is 1.46. The lowest BCUT2D eigenvalue weighted by atomic mass is 9.98. The van der Waals surface area contributed by atoms with Gasteiger partial charge in [-0.1, -0.05) is 73.5 Å². The molecule has 0 saturated carbocycles. The Kier molecular flexibility index (Phi) is 13.6. The number of anilines is 3. The topological polar surface area (TPSA) is 203 Å². The Hall–Kier alpha value is -7.42.